The van der Waals surface area contributed by atoms with Crippen LogP contribution < -0.4 is 10.6 Å². The van der Waals surface area contributed by atoms with E-state index in [9.17, 15) is 4.79 Å². The number of carbonyl (C=O) groups is 1. The van der Waals surface area contributed by atoms with Crippen molar-refractivity contribution in [3.8, 4) is 0 Å². The van der Waals surface area contributed by atoms with Gasteiger partial charge in [0, 0.05) is 13.2 Å². The van der Waals surface area contributed by atoms with Crippen molar-refractivity contribution in [3.05, 3.63) is 0 Å². The molecule has 2 N–H and O–H groups in total. The Kier molecular flexibility index (Phi) is 5.64. The normalized spacial score (nSPS) is 29.7. The fraction of sp³-hybridized carbons (Fsp3) is 0.933. The van der Waals surface area contributed by atoms with Gasteiger partial charge in [-0.1, -0.05) is 20.3 Å². The van der Waals surface area contributed by atoms with E-state index < -0.39 is 0 Å². The van der Waals surface area contributed by atoms with Crippen LogP contribution in [-0.4, -0.2) is 38.3 Å². The van der Waals surface area contributed by atoms with Crippen molar-refractivity contribution < 1.29 is 9.53 Å². The molecule has 0 aromatic carbocycles. The molecule has 2 fully saturated rings. The summed E-state index contributed by atoms with van der Waals surface area (Å²) >= 11 is 0. The van der Waals surface area contributed by atoms with Gasteiger partial charge in [0.25, 0.3) is 0 Å². The third-order valence-corrected chi connectivity index (χ3v) is 4.41. The third kappa shape index (κ3) is 4.18. The van der Waals surface area contributed by atoms with Crippen molar-refractivity contribution in [2.24, 2.45) is 17.8 Å². The van der Waals surface area contributed by atoms with Gasteiger partial charge in [-0.05, 0) is 43.6 Å². The fourth-order valence-electron chi connectivity index (χ4n) is 3.25. The number of hydrogen-bond acceptors (Lipinski definition) is 3. The van der Waals surface area contributed by atoms with E-state index in [0.717, 1.165) is 25.5 Å². The monoisotopic (exact) mass is 268 g/mol. The van der Waals surface area contributed by atoms with Gasteiger partial charge in [0.15, 0.2) is 0 Å². The standard InChI is InChI=1S/C15H28N2O2/c1-11(2)6-8-19-9-7-16-15(18)14-13-5-3-4-12(13)10-17-14/h11-14,17H,3-10H2,1-2H3,(H,16,18). The van der Waals surface area contributed by atoms with Crippen molar-refractivity contribution in [1.29, 1.82) is 0 Å². The molecule has 0 spiro atoms. The summed E-state index contributed by atoms with van der Waals surface area (Å²) in [5, 5.41) is 6.37. The zero-order chi connectivity index (χ0) is 13.7. The van der Waals surface area contributed by atoms with E-state index in [-0.39, 0.29) is 11.9 Å². The summed E-state index contributed by atoms with van der Waals surface area (Å²) in [6, 6.07) is 0.0446. The van der Waals surface area contributed by atoms with Crippen LogP contribution in [0.4, 0.5) is 0 Å². The minimum Gasteiger partial charge on any atom is -0.380 e. The topological polar surface area (TPSA) is 50.4 Å². The summed E-state index contributed by atoms with van der Waals surface area (Å²) in [4.78, 5) is 12.1. The highest BCUT2D eigenvalue weighted by Crippen LogP contribution is 2.37. The molecule has 3 unspecified atom stereocenters. The molecular formula is C15H28N2O2. The van der Waals surface area contributed by atoms with Crippen molar-refractivity contribution in [3.63, 3.8) is 0 Å². The molecule has 2 rings (SSSR count). The first-order chi connectivity index (χ1) is 9.18. The Balaban J connectivity index is 1.57. The van der Waals surface area contributed by atoms with Crippen molar-refractivity contribution in [1.82, 2.24) is 10.6 Å². The molecule has 1 saturated carbocycles. The Morgan fingerprint density at radius 1 is 1.37 bits per heavy atom. The summed E-state index contributed by atoms with van der Waals surface area (Å²) in [6.45, 7) is 7.45. The van der Waals surface area contributed by atoms with E-state index in [2.05, 4.69) is 24.5 Å². The van der Waals surface area contributed by atoms with E-state index in [4.69, 9.17) is 4.74 Å². The smallest absolute Gasteiger partial charge is 0.237 e. The largest absolute Gasteiger partial charge is 0.380 e. The zero-order valence-corrected chi connectivity index (χ0v) is 12.3. The molecule has 110 valence electrons. The highest BCUT2D eigenvalue weighted by atomic mass is 16.5. The molecule has 0 bridgehead atoms. The van der Waals surface area contributed by atoms with Crippen molar-refractivity contribution >= 4 is 5.91 Å². The Hall–Kier alpha value is -0.610. The van der Waals surface area contributed by atoms with Crippen LogP contribution in [0.5, 0.6) is 0 Å². The molecule has 2 aliphatic rings. The highest BCUT2D eigenvalue weighted by Gasteiger charge is 2.42. The molecule has 0 aromatic heterocycles. The first kappa shape index (κ1) is 14.8. The maximum Gasteiger partial charge on any atom is 0.237 e. The number of hydrogen-bond donors (Lipinski definition) is 2. The predicted octanol–water partition coefficient (Wildman–Crippen LogP) is 1.55. The van der Waals surface area contributed by atoms with Crippen LogP contribution in [-0.2, 0) is 9.53 Å². The molecule has 1 heterocycles. The average molecular weight is 268 g/mol. The molecule has 1 amide bonds. The van der Waals surface area contributed by atoms with E-state index in [0.29, 0.717) is 25.0 Å². The van der Waals surface area contributed by atoms with Gasteiger partial charge in [0.1, 0.15) is 0 Å². The first-order valence-corrected chi connectivity index (χ1v) is 7.77. The van der Waals surface area contributed by atoms with Crippen LogP contribution in [0, 0.1) is 17.8 Å². The van der Waals surface area contributed by atoms with E-state index in [1.165, 1.54) is 19.3 Å². The SMILES string of the molecule is CC(C)CCOCCNC(=O)C1NCC2CCCC21. The third-order valence-electron chi connectivity index (χ3n) is 4.41. The van der Waals surface area contributed by atoms with Crippen LogP contribution in [0.1, 0.15) is 39.5 Å². The quantitative estimate of drug-likeness (QED) is 0.689. The first-order valence-electron chi connectivity index (χ1n) is 7.77. The zero-order valence-electron chi connectivity index (χ0n) is 12.3. The Morgan fingerprint density at radius 2 is 2.21 bits per heavy atom. The lowest BCUT2D eigenvalue weighted by Crippen LogP contribution is -2.44. The molecule has 1 aliphatic carbocycles. The number of ether oxygens (including phenoxy) is 1. The summed E-state index contributed by atoms with van der Waals surface area (Å²) in [6.07, 6.45) is 4.88. The van der Waals surface area contributed by atoms with Crippen LogP contribution in [0.15, 0.2) is 0 Å². The number of fused-ring (bicyclic) bond motifs is 1. The second kappa shape index (κ2) is 7.25. The summed E-state index contributed by atoms with van der Waals surface area (Å²) < 4.78 is 5.51. The van der Waals surface area contributed by atoms with Crippen LogP contribution in [0.25, 0.3) is 0 Å². The molecule has 1 saturated heterocycles. The van der Waals surface area contributed by atoms with Gasteiger partial charge in [0.2, 0.25) is 5.91 Å². The summed E-state index contributed by atoms with van der Waals surface area (Å²) in [5.74, 6) is 2.15. The van der Waals surface area contributed by atoms with E-state index in [1.807, 2.05) is 0 Å². The average Bonchev–Trinajstić information content (AvgIpc) is 2.94. The maximum atomic E-state index is 12.1. The minimum absolute atomic E-state index is 0.0446. The van der Waals surface area contributed by atoms with Gasteiger partial charge < -0.3 is 15.4 Å². The number of carbonyl (C=O) groups excluding carboxylic acids is 1. The van der Waals surface area contributed by atoms with Crippen molar-refractivity contribution in [2.45, 2.75) is 45.6 Å². The molecule has 4 nitrogen and oxygen atoms in total. The second-order valence-electron chi connectivity index (χ2n) is 6.33. The van der Waals surface area contributed by atoms with Gasteiger partial charge in [-0.3, -0.25) is 4.79 Å². The Labute approximate surface area is 116 Å². The number of nitrogens with one attached hydrogen (secondary N) is 2. The lowest BCUT2D eigenvalue weighted by atomic mass is 9.94. The predicted molar refractivity (Wildman–Crippen MR) is 75.9 cm³/mol. The van der Waals surface area contributed by atoms with E-state index >= 15 is 0 Å². The second-order valence-corrected chi connectivity index (χ2v) is 6.33. The number of rotatable bonds is 7. The summed E-state index contributed by atoms with van der Waals surface area (Å²) in [7, 11) is 0. The number of amides is 1. The van der Waals surface area contributed by atoms with Gasteiger partial charge >= 0.3 is 0 Å². The summed E-state index contributed by atoms with van der Waals surface area (Å²) in [5.41, 5.74) is 0. The van der Waals surface area contributed by atoms with E-state index in [1.54, 1.807) is 0 Å². The minimum atomic E-state index is 0.0446. The lowest BCUT2D eigenvalue weighted by molar-refractivity contribution is -0.124. The van der Waals surface area contributed by atoms with Gasteiger partial charge in [-0.15, -0.1) is 0 Å². The van der Waals surface area contributed by atoms with Gasteiger partial charge in [-0.2, -0.15) is 0 Å². The fourth-order valence-corrected chi connectivity index (χ4v) is 3.25. The molecular weight excluding hydrogens is 240 g/mol. The Bertz CT molecular complexity index is 294. The van der Waals surface area contributed by atoms with Gasteiger partial charge in [-0.25, -0.2) is 0 Å². The molecule has 19 heavy (non-hydrogen) atoms. The van der Waals surface area contributed by atoms with Crippen LogP contribution in [0.3, 0.4) is 0 Å². The lowest BCUT2D eigenvalue weighted by Gasteiger charge is -2.17. The van der Waals surface area contributed by atoms with Gasteiger partial charge in [0.05, 0.1) is 12.6 Å². The molecule has 3 atom stereocenters. The molecule has 4 heteroatoms. The highest BCUT2D eigenvalue weighted by molar-refractivity contribution is 5.82. The van der Waals surface area contributed by atoms with Crippen molar-refractivity contribution in [2.75, 3.05) is 26.3 Å². The Morgan fingerprint density at radius 3 is 3.00 bits per heavy atom. The maximum absolute atomic E-state index is 12.1. The van der Waals surface area contributed by atoms with Crippen LogP contribution in [0.2, 0.25) is 0 Å². The molecule has 0 radical (unpaired) electrons. The van der Waals surface area contributed by atoms with Crippen LogP contribution >= 0.6 is 0 Å². The molecule has 0 aromatic rings. The molecule has 1 aliphatic heterocycles.